The molecular weight excluding hydrogens is 381 g/mol. The summed E-state index contributed by atoms with van der Waals surface area (Å²) in [7, 11) is 0. The maximum atomic E-state index is 12.8. The number of hydrogen-bond acceptors (Lipinski definition) is 3. The Labute approximate surface area is 168 Å². The maximum Gasteiger partial charge on any atom is 0.416 e. The third kappa shape index (κ3) is 4.65. The molecule has 1 saturated heterocycles. The van der Waals surface area contributed by atoms with Crippen LogP contribution in [0, 0.1) is 17.8 Å². The van der Waals surface area contributed by atoms with E-state index in [-0.39, 0.29) is 30.2 Å². The van der Waals surface area contributed by atoms with Gasteiger partial charge in [0, 0.05) is 43.6 Å². The molecule has 1 heterocycles. The topological polar surface area (TPSA) is 49.4 Å². The average molecular weight is 408 g/mol. The van der Waals surface area contributed by atoms with Gasteiger partial charge in [-0.2, -0.15) is 13.2 Å². The summed E-state index contributed by atoms with van der Waals surface area (Å²) in [4.78, 5) is 27.1. The molecule has 29 heavy (non-hydrogen) atoms. The number of alkyl halides is 3. The highest BCUT2D eigenvalue weighted by atomic mass is 19.4. The van der Waals surface area contributed by atoms with Crippen molar-refractivity contribution < 1.29 is 22.8 Å². The Balaban J connectivity index is 1.21. The molecule has 1 N–H and O–H groups in total. The number of fused-ring (bicyclic) bond motifs is 1. The van der Waals surface area contributed by atoms with Crippen LogP contribution in [0.5, 0.6) is 0 Å². The third-order valence-electron chi connectivity index (χ3n) is 6.76. The van der Waals surface area contributed by atoms with Crippen LogP contribution in [0.3, 0.4) is 0 Å². The van der Waals surface area contributed by atoms with Crippen molar-refractivity contribution in [2.45, 2.75) is 57.2 Å². The van der Waals surface area contributed by atoms with Crippen LogP contribution in [0.1, 0.15) is 50.5 Å². The summed E-state index contributed by atoms with van der Waals surface area (Å²) >= 11 is 0. The standard InChI is InChI=1S/C22H27F3N2O2/c23-22(24,25)14-5-4-6-15(11-14)26-20(29)10-9-19(28)21-17-12-27(13-18(17)21)16-7-2-1-3-8-16/h4-6,11,16-18,21H,1-3,7-10,12-13H2,(H,26,29)/t17-,18+,21?. The minimum Gasteiger partial charge on any atom is -0.326 e. The normalized spacial score (nSPS) is 27.5. The molecule has 4 nitrogen and oxygen atoms in total. The van der Waals surface area contributed by atoms with E-state index in [2.05, 4.69) is 10.2 Å². The van der Waals surface area contributed by atoms with Gasteiger partial charge in [0.2, 0.25) is 5.91 Å². The summed E-state index contributed by atoms with van der Waals surface area (Å²) in [5.41, 5.74) is -0.705. The van der Waals surface area contributed by atoms with E-state index in [1.54, 1.807) is 0 Å². The fourth-order valence-electron chi connectivity index (χ4n) is 5.18. The molecule has 3 aliphatic rings. The fraction of sp³-hybridized carbons (Fsp3) is 0.636. The Morgan fingerprint density at radius 3 is 2.38 bits per heavy atom. The quantitative estimate of drug-likeness (QED) is 0.754. The number of piperidine rings is 1. The molecule has 0 spiro atoms. The number of carbonyl (C=O) groups is 2. The highest BCUT2D eigenvalue weighted by Crippen LogP contribution is 2.53. The minimum atomic E-state index is -4.45. The van der Waals surface area contributed by atoms with Crippen molar-refractivity contribution in [2.75, 3.05) is 18.4 Å². The first-order valence-electron chi connectivity index (χ1n) is 10.6. The average Bonchev–Trinajstić information content (AvgIpc) is 3.20. The summed E-state index contributed by atoms with van der Waals surface area (Å²) in [6, 6.07) is 5.23. The van der Waals surface area contributed by atoms with E-state index in [0.29, 0.717) is 17.9 Å². The number of hydrogen-bond donors (Lipinski definition) is 1. The number of ketones is 1. The molecule has 7 heteroatoms. The molecule has 1 aliphatic heterocycles. The monoisotopic (exact) mass is 408 g/mol. The Morgan fingerprint density at radius 2 is 1.72 bits per heavy atom. The first-order valence-corrected chi connectivity index (χ1v) is 10.6. The van der Waals surface area contributed by atoms with Crippen LogP contribution in [0.15, 0.2) is 24.3 Å². The Hall–Kier alpha value is -1.89. The summed E-state index contributed by atoms with van der Waals surface area (Å²) in [6.45, 7) is 2.00. The van der Waals surface area contributed by atoms with Crippen LogP contribution >= 0.6 is 0 Å². The zero-order valence-electron chi connectivity index (χ0n) is 16.4. The molecule has 0 bridgehead atoms. The van der Waals surface area contributed by atoms with Gasteiger partial charge in [0.1, 0.15) is 5.78 Å². The lowest BCUT2D eigenvalue weighted by Crippen LogP contribution is -2.37. The number of amides is 1. The van der Waals surface area contributed by atoms with Crippen LogP contribution < -0.4 is 5.32 Å². The molecule has 1 amide bonds. The number of benzene rings is 1. The Morgan fingerprint density at radius 1 is 1.03 bits per heavy atom. The van der Waals surface area contributed by atoms with Gasteiger partial charge in [0.25, 0.3) is 0 Å². The Bertz CT molecular complexity index is 762. The first-order chi connectivity index (χ1) is 13.8. The predicted octanol–water partition coefficient (Wildman–Crippen LogP) is 4.50. The van der Waals surface area contributed by atoms with Crippen LogP contribution in [0.2, 0.25) is 0 Å². The van der Waals surface area contributed by atoms with Crippen molar-refractivity contribution in [2.24, 2.45) is 17.8 Å². The van der Waals surface area contributed by atoms with Crippen LogP contribution in [0.25, 0.3) is 0 Å². The molecule has 158 valence electrons. The van der Waals surface area contributed by atoms with Crippen molar-refractivity contribution in [3.8, 4) is 0 Å². The molecule has 4 rings (SSSR count). The molecule has 0 radical (unpaired) electrons. The lowest BCUT2D eigenvalue weighted by Gasteiger charge is -2.32. The van der Waals surface area contributed by atoms with Gasteiger partial charge in [-0.25, -0.2) is 0 Å². The molecule has 1 aromatic rings. The summed E-state index contributed by atoms with van der Waals surface area (Å²) < 4.78 is 38.3. The molecule has 3 atom stereocenters. The van der Waals surface area contributed by atoms with Crippen molar-refractivity contribution in [1.82, 2.24) is 4.90 Å². The number of anilines is 1. The molecule has 1 unspecified atom stereocenters. The summed E-state index contributed by atoms with van der Waals surface area (Å²) in [5.74, 6) is 0.665. The first kappa shape index (κ1) is 20.4. The van der Waals surface area contributed by atoms with Gasteiger partial charge >= 0.3 is 6.18 Å². The van der Waals surface area contributed by atoms with Gasteiger partial charge in [-0.15, -0.1) is 0 Å². The highest BCUT2D eigenvalue weighted by molar-refractivity contribution is 5.94. The Kier molecular flexibility index (Phi) is 5.69. The van der Waals surface area contributed by atoms with Gasteiger partial charge in [0.15, 0.2) is 0 Å². The number of rotatable bonds is 6. The van der Waals surface area contributed by atoms with Gasteiger partial charge in [-0.1, -0.05) is 25.3 Å². The predicted molar refractivity (Wildman–Crippen MR) is 103 cm³/mol. The second-order valence-electron chi connectivity index (χ2n) is 8.69. The second-order valence-corrected chi connectivity index (χ2v) is 8.69. The van der Waals surface area contributed by atoms with Crippen LogP contribution in [-0.4, -0.2) is 35.7 Å². The number of likely N-dealkylation sites (tertiary alicyclic amines) is 1. The van der Waals surface area contributed by atoms with E-state index in [1.807, 2.05) is 0 Å². The molecule has 2 aliphatic carbocycles. The van der Waals surface area contributed by atoms with Crippen LogP contribution in [-0.2, 0) is 15.8 Å². The van der Waals surface area contributed by atoms with E-state index < -0.39 is 17.6 Å². The minimum absolute atomic E-state index is 0.0113. The lowest BCUT2D eigenvalue weighted by atomic mass is 9.94. The molecule has 3 fully saturated rings. The van der Waals surface area contributed by atoms with Crippen molar-refractivity contribution in [1.29, 1.82) is 0 Å². The van der Waals surface area contributed by atoms with Gasteiger partial charge in [-0.3, -0.25) is 14.5 Å². The maximum absolute atomic E-state index is 12.8. The smallest absolute Gasteiger partial charge is 0.326 e. The molecule has 2 saturated carbocycles. The largest absolute Gasteiger partial charge is 0.416 e. The van der Waals surface area contributed by atoms with E-state index in [9.17, 15) is 22.8 Å². The van der Waals surface area contributed by atoms with E-state index >= 15 is 0 Å². The fourth-order valence-corrected chi connectivity index (χ4v) is 5.18. The summed E-state index contributed by atoms with van der Waals surface area (Å²) in [5, 5.41) is 2.47. The van der Waals surface area contributed by atoms with Gasteiger partial charge < -0.3 is 5.32 Å². The van der Waals surface area contributed by atoms with Gasteiger partial charge in [0.05, 0.1) is 5.56 Å². The van der Waals surface area contributed by atoms with Gasteiger partial charge in [-0.05, 0) is 42.9 Å². The van der Waals surface area contributed by atoms with Crippen molar-refractivity contribution in [3.05, 3.63) is 29.8 Å². The number of halogens is 3. The number of Topliss-reactive ketones (excluding diaryl/α,β-unsaturated/α-hetero) is 1. The van der Waals surface area contributed by atoms with E-state index in [1.165, 1.54) is 44.2 Å². The second kappa shape index (κ2) is 8.09. The number of carbonyl (C=O) groups excluding carboxylic acids is 2. The zero-order valence-corrected chi connectivity index (χ0v) is 16.4. The third-order valence-corrected chi connectivity index (χ3v) is 6.76. The van der Waals surface area contributed by atoms with E-state index in [0.717, 1.165) is 25.2 Å². The number of nitrogens with one attached hydrogen (secondary N) is 1. The highest BCUT2D eigenvalue weighted by Gasteiger charge is 2.59. The zero-order chi connectivity index (χ0) is 20.6. The van der Waals surface area contributed by atoms with E-state index in [4.69, 9.17) is 0 Å². The van der Waals surface area contributed by atoms with Crippen molar-refractivity contribution >= 4 is 17.4 Å². The lowest BCUT2D eigenvalue weighted by molar-refractivity contribution is -0.137. The van der Waals surface area contributed by atoms with Crippen LogP contribution in [0.4, 0.5) is 18.9 Å². The number of nitrogens with zero attached hydrogens (tertiary/aromatic N) is 1. The molecule has 0 aromatic heterocycles. The van der Waals surface area contributed by atoms with Crippen molar-refractivity contribution in [3.63, 3.8) is 0 Å². The SMILES string of the molecule is O=C(CCC(=O)C1[C@H]2CN(C3CCCCC3)C[C@@H]12)Nc1cccc(C(F)(F)F)c1. The molecular formula is C22H27F3N2O2. The summed E-state index contributed by atoms with van der Waals surface area (Å²) in [6.07, 6.45) is 2.21. The molecule has 1 aromatic carbocycles.